The number of esters is 1. The van der Waals surface area contributed by atoms with E-state index in [1.807, 2.05) is 0 Å². The van der Waals surface area contributed by atoms with E-state index in [1.54, 1.807) is 0 Å². The predicted octanol–water partition coefficient (Wildman–Crippen LogP) is 2.54. The highest BCUT2D eigenvalue weighted by Crippen LogP contribution is 2.33. The molecule has 1 fully saturated rings. The smallest absolute Gasteiger partial charge is 0.330 e. The second-order valence-electron chi connectivity index (χ2n) is 5.76. The Hall–Kier alpha value is -0.770. The van der Waals surface area contributed by atoms with E-state index < -0.39 is 16.0 Å². The highest BCUT2D eigenvalue weighted by atomic mass is 32.3. The molecule has 104 valence electrons. The SMILES string of the molecule is CS(C)(C)CCOC(=O)/C=C/C(=O)CC1CCC1. The first kappa shape index (κ1) is 15.3. The standard InChI is InChI=1S/C14H24O3S/c1-18(2,3)10-9-17-14(16)8-7-13(15)11-12-5-4-6-12/h7-8,12H,4-6,9-11H2,1-3H3/b8-7+. The molecule has 0 aromatic carbocycles. The summed E-state index contributed by atoms with van der Waals surface area (Å²) in [5.41, 5.74) is 0. The van der Waals surface area contributed by atoms with E-state index in [1.165, 1.54) is 18.6 Å². The summed E-state index contributed by atoms with van der Waals surface area (Å²) in [5.74, 6) is 1.09. The van der Waals surface area contributed by atoms with Crippen LogP contribution >= 0.6 is 10.0 Å². The zero-order chi connectivity index (χ0) is 13.6. The molecule has 0 unspecified atom stereocenters. The van der Waals surface area contributed by atoms with Gasteiger partial charge in [0.2, 0.25) is 0 Å². The highest BCUT2D eigenvalue weighted by Gasteiger charge is 2.19. The van der Waals surface area contributed by atoms with Gasteiger partial charge < -0.3 is 4.74 Å². The van der Waals surface area contributed by atoms with Crippen LogP contribution in [0.3, 0.4) is 0 Å². The molecule has 0 radical (unpaired) electrons. The van der Waals surface area contributed by atoms with Crippen LogP contribution in [0.5, 0.6) is 0 Å². The lowest BCUT2D eigenvalue weighted by atomic mass is 9.82. The molecular weight excluding hydrogens is 248 g/mol. The van der Waals surface area contributed by atoms with Crippen LogP contribution in [0.25, 0.3) is 0 Å². The molecule has 1 saturated carbocycles. The Bertz CT molecular complexity index is 324. The number of allylic oxidation sites excluding steroid dienone is 1. The normalized spacial score (nSPS) is 17.5. The van der Waals surface area contributed by atoms with E-state index in [9.17, 15) is 9.59 Å². The van der Waals surface area contributed by atoms with Crippen LogP contribution in [0.15, 0.2) is 12.2 Å². The van der Waals surface area contributed by atoms with E-state index in [0.717, 1.165) is 18.6 Å². The molecule has 4 heteroatoms. The van der Waals surface area contributed by atoms with Gasteiger partial charge in [-0.05, 0) is 30.8 Å². The predicted molar refractivity (Wildman–Crippen MR) is 77.3 cm³/mol. The second kappa shape index (κ2) is 6.98. The number of ether oxygens (including phenoxy) is 1. The Morgan fingerprint density at radius 3 is 2.39 bits per heavy atom. The summed E-state index contributed by atoms with van der Waals surface area (Å²) < 4.78 is 5.06. The third kappa shape index (κ3) is 6.84. The Morgan fingerprint density at radius 1 is 1.22 bits per heavy atom. The van der Waals surface area contributed by atoms with Crippen molar-refractivity contribution in [3.05, 3.63) is 12.2 Å². The molecule has 0 heterocycles. The van der Waals surface area contributed by atoms with Crippen molar-refractivity contribution in [2.75, 3.05) is 31.1 Å². The van der Waals surface area contributed by atoms with Gasteiger partial charge in [0.15, 0.2) is 5.78 Å². The van der Waals surface area contributed by atoms with Gasteiger partial charge in [-0.15, -0.1) is 0 Å². The van der Waals surface area contributed by atoms with Crippen molar-refractivity contribution in [1.82, 2.24) is 0 Å². The number of carbonyl (C=O) groups excluding carboxylic acids is 2. The van der Waals surface area contributed by atoms with Crippen LogP contribution in [-0.4, -0.2) is 42.9 Å². The molecule has 0 bridgehead atoms. The van der Waals surface area contributed by atoms with E-state index in [2.05, 4.69) is 18.8 Å². The number of rotatable bonds is 7. The van der Waals surface area contributed by atoms with Gasteiger partial charge in [0.05, 0.1) is 6.61 Å². The average molecular weight is 272 g/mol. The molecule has 1 aliphatic rings. The molecular formula is C14H24O3S. The zero-order valence-electron chi connectivity index (χ0n) is 11.6. The first-order valence-corrected chi connectivity index (χ1v) is 9.43. The van der Waals surface area contributed by atoms with Gasteiger partial charge in [0.1, 0.15) is 0 Å². The second-order valence-corrected chi connectivity index (χ2v) is 10.4. The minimum Gasteiger partial charge on any atom is -0.462 e. The number of hydrogen-bond donors (Lipinski definition) is 0. The van der Waals surface area contributed by atoms with Crippen LogP contribution in [0.4, 0.5) is 0 Å². The van der Waals surface area contributed by atoms with E-state index >= 15 is 0 Å². The maximum Gasteiger partial charge on any atom is 0.330 e. The first-order chi connectivity index (χ1) is 8.37. The van der Waals surface area contributed by atoms with E-state index in [0.29, 0.717) is 18.9 Å². The largest absolute Gasteiger partial charge is 0.462 e. The Morgan fingerprint density at radius 2 is 1.89 bits per heavy atom. The molecule has 3 nitrogen and oxygen atoms in total. The zero-order valence-corrected chi connectivity index (χ0v) is 12.4. The van der Waals surface area contributed by atoms with Crippen LogP contribution < -0.4 is 0 Å². The Kier molecular flexibility index (Phi) is 5.93. The minimum atomic E-state index is -0.631. The Labute approximate surface area is 111 Å². The fourth-order valence-electron chi connectivity index (χ4n) is 1.65. The summed E-state index contributed by atoms with van der Waals surface area (Å²) in [6.45, 7) is 0.443. The van der Waals surface area contributed by atoms with Crippen molar-refractivity contribution in [1.29, 1.82) is 0 Å². The molecule has 1 aliphatic carbocycles. The van der Waals surface area contributed by atoms with Gasteiger partial charge in [0, 0.05) is 18.2 Å². The highest BCUT2D eigenvalue weighted by molar-refractivity contribution is 8.32. The third-order valence-corrected chi connectivity index (χ3v) is 4.45. The average Bonchev–Trinajstić information content (AvgIpc) is 2.19. The van der Waals surface area contributed by atoms with Crippen LogP contribution in [0.2, 0.25) is 0 Å². The Balaban J connectivity index is 2.16. The first-order valence-electron chi connectivity index (χ1n) is 6.40. The van der Waals surface area contributed by atoms with Crippen molar-refractivity contribution in [3.8, 4) is 0 Å². The maximum atomic E-state index is 11.5. The molecule has 1 rings (SSSR count). The number of ketones is 1. The molecule has 18 heavy (non-hydrogen) atoms. The topological polar surface area (TPSA) is 43.4 Å². The summed E-state index contributed by atoms with van der Waals surface area (Å²) in [5, 5.41) is 0. The minimum absolute atomic E-state index is 0.0399. The maximum absolute atomic E-state index is 11.5. The summed E-state index contributed by atoms with van der Waals surface area (Å²) in [6, 6.07) is 0. The quantitative estimate of drug-likeness (QED) is 0.528. The lowest BCUT2D eigenvalue weighted by Crippen LogP contribution is -2.15. The summed E-state index contributed by atoms with van der Waals surface area (Å²) in [4.78, 5) is 22.8. The fourth-order valence-corrected chi connectivity index (χ4v) is 2.23. The molecule has 0 spiro atoms. The third-order valence-electron chi connectivity index (χ3n) is 3.06. The molecule has 0 aliphatic heterocycles. The van der Waals surface area contributed by atoms with Gasteiger partial charge >= 0.3 is 5.97 Å². The summed E-state index contributed by atoms with van der Waals surface area (Å²) in [6.07, 6.45) is 13.3. The lowest BCUT2D eigenvalue weighted by Gasteiger charge is -2.24. The molecule has 0 saturated heterocycles. The van der Waals surface area contributed by atoms with E-state index in [4.69, 9.17) is 4.74 Å². The van der Waals surface area contributed by atoms with Crippen molar-refractivity contribution in [2.24, 2.45) is 5.92 Å². The van der Waals surface area contributed by atoms with Gasteiger partial charge in [-0.25, -0.2) is 14.8 Å². The van der Waals surface area contributed by atoms with Crippen molar-refractivity contribution in [3.63, 3.8) is 0 Å². The van der Waals surface area contributed by atoms with Gasteiger partial charge in [-0.2, -0.15) is 0 Å². The molecule has 0 aromatic heterocycles. The van der Waals surface area contributed by atoms with Crippen LogP contribution in [-0.2, 0) is 14.3 Å². The number of hydrogen-bond acceptors (Lipinski definition) is 3. The van der Waals surface area contributed by atoms with Crippen molar-refractivity contribution < 1.29 is 14.3 Å². The van der Waals surface area contributed by atoms with Gasteiger partial charge in [0.25, 0.3) is 0 Å². The summed E-state index contributed by atoms with van der Waals surface area (Å²) >= 11 is 0. The monoisotopic (exact) mass is 272 g/mol. The molecule has 0 amide bonds. The van der Waals surface area contributed by atoms with Gasteiger partial charge in [-0.1, -0.05) is 19.3 Å². The lowest BCUT2D eigenvalue weighted by molar-refractivity contribution is -0.137. The molecule has 0 N–H and O–H groups in total. The fraction of sp³-hybridized carbons (Fsp3) is 0.714. The van der Waals surface area contributed by atoms with E-state index in [-0.39, 0.29) is 5.78 Å². The van der Waals surface area contributed by atoms with Gasteiger partial charge in [-0.3, -0.25) is 4.79 Å². The van der Waals surface area contributed by atoms with Crippen LogP contribution in [0.1, 0.15) is 25.7 Å². The molecule has 0 aromatic rings. The number of carbonyl (C=O) groups is 2. The van der Waals surface area contributed by atoms with Crippen LogP contribution in [0, 0.1) is 5.92 Å². The summed E-state index contributed by atoms with van der Waals surface area (Å²) in [7, 11) is -0.631. The van der Waals surface area contributed by atoms with Crippen molar-refractivity contribution in [2.45, 2.75) is 25.7 Å². The molecule has 0 atom stereocenters. The van der Waals surface area contributed by atoms with Crippen molar-refractivity contribution >= 4 is 21.8 Å².